The zero-order valence-electron chi connectivity index (χ0n) is 7.94. The van der Waals surface area contributed by atoms with Crippen LogP contribution in [0.2, 0.25) is 5.02 Å². The fraction of sp³-hybridized carbons (Fsp3) is 0.222. The van der Waals surface area contributed by atoms with Crippen LogP contribution in [0.5, 0.6) is 0 Å². The van der Waals surface area contributed by atoms with E-state index in [0.29, 0.717) is 5.02 Å². The lowest BCUT2D eigenvalue weighted by Crippen LogP contribution is -2.17. The van der Waals surface area contributed by atoms with Crippen LogP contribution in [0, 0.1) is 11.3 Å². The highest BCUT2D eigenvalue weighted by molar-refractivity contribution is 7.92. The lowest BCUT2D eigenvalue weighted by molar-refractivity contribution is 0.592. The van der Waals surface area contributed by atoms with E-state index in [9.17, 15) is 8.42 Å². The predicted octanol–water partition coefficient (Wildman–Crippen LogP) is 1.61. The van der Waals surface area contributed by atoms with Gasteiger partial charge in [0.1, 0.15) is 5.25 Å². The molecule has 1 aromatic rings. The van der Waals surface area contributed by atoms with Gasteiger partial charge in [0.05, 0.1) is 16.7 Å². The quantitative estimate of drug-likeness (QED) is 0.801. The lowest BCUT2D eigenvalue weighted by atomic mass is 10.3. The van der Waals surface area contributed by atoms with Gasteiger partial charge in [0.2, 0.25) is 0 Å². The van der Waals surface area contributed by atoms with Crippen LogP contribution in [0.3, 0.4) is 0 Å². The summed E-state index contributed by atoms with van der Waals surface area (Å²) in [7, 11) is -3.68. The second kappa shape index (κ2) is 4.09. The van der Waals surface area contributed by atoms with Gasteiger partial charge < -0.3 is 5.73 Å². The molecule has 1 aromatic carbocycles. The first kappa shape index (κ1) is 11.8. The van der Waals surface area contributed by atoms with Crippen LogP contribution in [0.25, 0.3) is 0 Å². The van der Waals surface area contributed by atoms with Gasteiger partial charge in [0, 0.05) is 5.02 Å². The Hall–Kier alpha value is -1.25. The largest absolute Gasteiger partial charge is 0.398 e. The molecule has 15 heavy (non-hydrogen) atoms. The van der Waals surface area contributed by atoms with Gasteiger partial charge in [-0.15, -0.1) is 0 Å². The molecule has 0 aromatic heterocycles. The van der Waals surface area contributed by atoms with Crippen molar-refractivity contribution in [2.45, 2.75) is 17.1 Å². The minimum atomic E-state index is -3.68. The fourth-order valence-electron chi connectivity index (χ4n) is 1.04. The second-order valence-corrected chi connectivity index (χ2v) is 5.67. The molecule has 0 spiro atoms. The maximum Gasteiger partial charge on any atom is 0.196 e. The van der Waals surface area contributed by atoms with Crippen LogP contribution < -0.4 is 5.73 Å². The van der Waals surface area contributed by atoms with Gasteiger partial charge in [-0.05, 0) is 25.1 Å². The molecule has 0 bridgehead atoms. The molecule has 80 valence electrons. The number of nitrogens with two attached hydrogens (primary N) is 1. The van der Waals surface area contributed by atoms with Crippen molar-refractivity contribution in [1.29, 1.82) is 5.26 Å². The summed E-state index contributed by atoms with van der Waals surface area (Å²) in [6.45, 7) is 1.31. The smallest absolute Gasteiger partial charge is 0.196 e. The second-order valence-electron chi connectivity index (χ2n) is 3.00. The highest BCUT2D eigenvalue weighted by Gasteiger charge is 2.25. The molecule has 0 amide bonds. The van der Waals surface area contributed by atoms with Crippen LogP contribution in [0.1, 0.15) is 6.92 Å². The maximum atomic E-state index is 11.7. The summed E-state index contributed by atoms with van der Waals surface area (Å²) in [6.07, 6.45) is 0. The Kier molecular flexibility index (Phi) is 3.22. The minimum Gasteiger partial charge on any atom is -0.398 e. The van der Waals surface area contributed by atoms with Crippen molar-refractivity contribution < 1.29 is 8.42 Å². The molecule has 2 N–H and O–H groups in total. The Morgan fingerprint density at radius 3 is 2.60 bits per heavy atom. The van der Waals surface area contributed by atoms with Crippen molar-refractivity contribution >= 4 is 27.1 Å². The molecule has 1 unspecified atom stereocenters. The van der Waals surface area contributed by atoms with Gasteiger partial charge in [-0.25, -0.2) is 8.42 Å². The number of sulfone groups is 1. The van der Waals surface area contributed by atoms with Gasteiger partial charge in [-0.3, -0.25) is 0 Å². The highest BCUT2D eigenvalue weighted by Crippen LogP contribution is 2.25. The van der Waals surface area contributed by atoms with Crippen molar-refractivity contribution in [3.8, 4) is 6.07 Å². The highest BCUT2D eigenvalue weighted by atomic mass is 35.5. The first-order valence-corrected chi connectivity index (χ1v) is 6.00. The predicted molar refractivity (Wildman–Crippen MR) is 58.1 cm³/mol. The molecule has 1 atom stereocenters. The molecule has 0 saturated carbocycles. The summed E-state index contributed by atoms with van der Waals surface area (Å²) in [6, 6.07) is 5.75. The van der Waals surface area contributed by atoms with Crippen molar-refractivity contribution in [3.05, 3.63) is 23.2 Å². The van der Waals surface area contributed by atoms with Crippen LogP contribution >= 0.6 is 11.6 Å². The number of nitriles is 1. The summed E-state index contributed by atoms with van der Waals surface area (Å²) in [4.78, 5) is -0.0547. The number of anilines is 1. The Labute approximate surface area is 93.2 Å². The first-order chi connectivity index (χ1) is 6.89. The summed E-state index contributed by atoms with van der Waals surface area (Å²) >= 11 is 5.64. The SMILES string of the molecule is CC(C#N)S(=O)(=O)c1ccc(Cl)cc1N. The van der Waals surface area contributed by atoms with Gasteiger partial charge in [0.15, 0.2) is 9.84 Å². The molecule has 0 heterocycles. The van der Waals surface area contributed by atoms with Gasteiger partial charge >= 0.3 is 0 Å². The fourth-order valence-corrected chi connectivity index (χ4v) is 2.38. The molecular formula is C9H9ClN2O2S. The molecule has 0 aliphatic carbocycles. The molecular weight excluding hydrogens is 236 g/mol. The average molecular weight is 245 g/mol. The summed E-state index contributed by atoms with van der Waals surface area (Å²) < 4.78 is 23.5. The van der Waals surface area contributed by atoms with Crippen molar-refractivity contribution in [2.75, 3.05) is 5.73 Å². The van der Waals surface area contributed by atoms with E-state index in [1.165, 1.54) is 25.1 Å². The summed E-state index contributed by atoms with van der Waals surface area (Å²) in [5.41, 5.74) is 5.59. The van der Waals surface area contributed by atoms with E-state index in [1.54, 1.807) is 6.07 Å². The number of hydrogen-bond donors (Lipinski definition) is 1. The number of benzene rings is 1. The van der Waals surface area contributed by atoms with Crippen molar-refractivity contribution in [1.82, 2.24) is 0 Å². The topological polar surface area (TPSA) is 84.0 Å². The first-order valence-electron chi connectivity index (χ1n) is 4.08. The third-order valence-corrected chi connectivity index (χ3v) is 4.18. The summed E-state index contributed by atoms with van der Waals surface area (Å²) in [5, 5.41) is 7.81. The number of nitrogen functional groups attached to an aromatic ring is 1. The van der Waals surface area contributed by atoms with E-state index in [0.717, 1.165) is 0 Å². The Morgan fingerprint density at radius 1 is 1.53 bits per heavy atom. The average Bonchev–Trinajstić information content (AvgIpc) is 2.15. The van der Waals surface area contributed by atoms with Crippen LogP contribution in [0.4, 0.5) is 5.69 Å². The third kappa shape index (κ3) is 2.22. The molecule has 0 aliphatic heterocycles. The zero-order valence-corrected chi connectivity index (χ0v) is 9.51. The van der Waals surface area contributed by atoms with E-state index in [-0.39, 0.29) is 10.6 Å². The van der Waals surface area contributed by atoms with Gasteiger partial charge in [-0.1, -0.05) is 11.6 Å². The lowest BCUT2D eigenvalue weighted by Gasteiger charge is -2.08. The standard InChI is InChI=1S/C9H9ClN2O2S/c1-6(5-11)15(13,14)9-3-2-7(10)4-8(9)12/h2-4,6H,12H2,1H3. The Balaban J connectivity index is 3.36. The Morgan fingerprint density at radius 2 is 2.13 bits per heavy atom. The normalized spacial score (nSPS) is 13.1. The van der Waals surface area contributed by atoms with Gasteiger partial charge in [-0.2, -0.15) is 5.26 Å². The zero-order chi connectivity index (χ0) is 11.6. The molecule has 4 nitrogen and oxygen atoms in total. The van der Waals surface area contributed by atoms with E-state index < -0.39 is 15.1 Å². The maximum absolute atomic E-state index is 11.7. The van der Waals surface area contributed by atoms with Crippen LogP contribution in [-0.4, -0.2) is 13.7 Å². The minimum absolute atomic E-state index is 0.0547. The monoisotopic (exact) mass is 244 g/mol. The number of hydrogen-bond acceptors (Lipinski definition) is 4. The van der Waals surface area contributed by atoms with Crippen molar-refractivity contribution in [2.24, 2.45) is 0 Å². The number of nitrogens with zero attached hydrogens (tertiary/aromatic N) is 1. The van der Waals surface area contributed by atoms with E-state index in [4.69, 9.17) is 22.6 Å². The van der Waals surface area contributed by atoms with E-state index >= 15 is 0 Å². The molecule has 0 fully saturated rings. The van der Waals surface area contributed by atoms with E-state index in [1.807, 2.05) is 0 Å². The van der Waals surface area contributed by atoms with Crippen LogP contribution in [0.15, 0.2) is 23.1 Å². The molecule has 6 heteroatoms. The summed E-state index contributed by atoms with van der Waals surface area (Å²) in [5.74, 6) is 0. The van der Waals surface area contributed by atoms with Gasteiger partial charge in [0.25, 0.3) is 0 Å². The number of rotatable bonds is 2. The van der Waals surface area contributed by atoms with Crippen molar-refractivity contribution in [3.63, 3.8) is 0 Å². The van der Waals surface area contributed by atoms with Crippen LogP contribution in [-0.2, 0) is 9.84 Å². The van der Waals surface area contributed by atoms with E-state index in [2.05, 4.69) is 0 Å². The Bertz CT molecular complexity index is 519. The molecule has 0 radical (unpaired) electrons. The number of halogens is 1. The third-order valence-electron chi connectivity index (χ3n) is 1.93. The molecule has 1 rings (SSSR count). The molecule has 0 aliphatic rings. The molecule has 0 saturated heterocycles.